The van der Waals surface area contributed by atoms with Crippen LogP contribution in [0.4, 0.5) is 10.6 Å². The zero-order valence-electron chi connectivity index (χ0n) is 19.3. The molecule has 2 heterocycles. The standard InChI is InChI=1S/C26H26N4O5/c1-29-23(14-21(28-29)24(31)30-13-7-6-12-22(30)25(32)33)27-26(34)35-15-20-18-10-4-2-8-16(18)17-9-3-5-11-19(17)20/h2-5,8-11,14,20,22H,6-7,12-13,15H2,1H3,(H,27,34)(H,32,33)/t22-/m0/s1. The fraction of sp³-hybridized carbons (Fsp3) is 0.308. The van der Waals surface area contributed by atoms with Crippen LogP contribution in [0.15, 0.2) is 54.6 Å². The summed E-state index contributed by atoms with van der Waals surface area (Å²) in [5.41, 5.74) is 4.59. The van der Waals surface area contributed by atoms with Crippen molar-refractivity contribution in [1.82, 2.24) is 14.7 Å². The molecule has 180 valence electrons. The van der Waals surface area contributed by atoms with Crippen LogP contribution >= 0.6 is 0 Å². The van der Waals surface area contributed by atoms with Gasteiger partial charge >= 0.3 is 12.1 Å². The fourth-order valence-corrected chi connectivity index (χ4v) is 5.01. The first-order chi connectivity index (χ1) is 16.9. The number of amides is 2. The molecule has 1 atom stereocenters. The van der Waals surface area contributed by atoms with Gasteiger partial charge in [-0.3, -0.25) is 14.8 Å². The van der Waals surface area contributed by atoms with Crippen molar-refractivity contribution < 1.29 is 24.2 Å². The van der Waals surface area contributed by atoms with Gasteiger partial charge in [0.1, 0.15) is 18.5 Å². The SMILES string of the molecule is Cn1nc(C(=O)N2CCCC[C@H]2C(=O)O)cc1NC(=O)OCC1c2ccccc2-c2ccccc21. The topological polar surface area (TPSA) is 114 Å². The molecule has 0 spiro atoms. The maximum Gasteiger partial charge on any atom is 0.412 e. The molecule has 1 fully saturated rings. The molecule has 5 rings (SSSR count). The van der Waals surface area contributed by atoms with Crippen molar-refractivity contribution in [2.24, 2.45) is 7.05 Å². The van der Waals surface area contributed by atoms with Crippen LogP contribution in [-0.2, 0) is 16.6 Å². The third-order valence-electron chi connectivity index (χ3n) is 6.72. The lowest BCUT2D eigenvalue weighted by molar-refractivity contribution is -0.143. The van der Waals surface area contributed by atoms with E-state index in [9.17, 15) is 19.5 Å². The number of carboxylic acids is 1. The highest BCUT2D eigenvalue weighted by molar-refractivity contribution is 5.96. The van der Waals surface area contributed by atoms with Crippen molar-refractivity contribution in [2.75, 3.05) is 18.5 Å². The Kier molecular flexibility index (Phi) is 5.98. The molecule has 3 aromatic rings. The summed E-state index contributed by atoms with van der Waals surface area (Å²) in [5, 5.41) is 16.3. The summed E-state index contributed by atoms with van der Waals surface area (Å²) >= 11 is 0. The van der Waals surface area contributed by atoms with Gasteiger partial charge in [-0.25, -0.2) is 9.59 Å². The molecular weight excluding hydrogens is 448 g/mol. The maximum absolute atomic E-state index is 12.9. The van der Waals surface area contributed by atoms with Crippen LogP contribution in [0.25, 0.3) is 11.1 Å². The number of hydrogen-bond acceptors (Lipinski definition) is 5. The number of ether oxygens (including phenoxy) is 1. The number of carbonyl (C=O) groups is 3. The summed E-state index contributed by atoms with van der Waals surface area (Å²) in [4.78, 5) is 38.5. The molecule has 0 bridgehead atoms. The highest BCUT2D eigenvalue weighted by Crippen LogP contribution is 2.44. The van der Waals surface area contributed by atoms with Crippen LogP contribution in [0.3, 0.4) is 0 Å². The molecule has 0 saturated carbocycles. The van der Waals surface area contributed by atoms with Crippen LogP contribution in [0.1, 0.15) is 46.8 Å². The zero-order chi connectivity index (χ0) is 24.5. The van der Waals surface area contributed by atoms with Crippen LogP contribution in [0.5, 0.6) is 0 Å². The predicted molar refractivity (Wildman–Crippen MR) is 128 cm³/mol. The summed E-state index contributed by atoms with van der Waals surface area (Å²) in [6, 6.07) is 16.8. The van der Waals surface area contributed by atoms with Crippen LogP contribution in [0, 0.1) is 0 Å². The smallest absolute Gasteiger partial charge is 0.412 e. The lowest BCUT2D eigenvalue weighted by Crippen LogP contribution is -2.48. The molecule has 0 radical (unpaired) electrons. The third kappa shape index (κ3) is 4.25. The molecule has 0 unspecified atom stereocenters. The minimum absolute atomic E-state index is 0.0659. The number of nitrogens with zero attached hydrogens (tertiary/aromatic N) is 3. The van der Waals surface area contributed by atoms with Gasteiger partial charge in [-0.2, -0.15) is 5.10 Å². The first-order valence-electron chi connectivity index (χ1n) is 11.6. The van der Waals surface area contributed by atoms with E-state index in [0.29, 0.717) is 13.0 Å². The van der Waals surface area contributed by atoms with Crippen LogP contribution in [-0.4, -0.2) is 57.0 Å². The normalized spacial score (nSPS) is 16.9. The monoisotopic (exact) mass is 474 g/mol. The molecule has 9 heteroatoms. The van der Waals surface area contributed by atoms with E-state index in [1.54, 1.807) is 7.05 Å². The van der Waals surface area contributed by atoms with E-state index in [2.05, 4.69) is 22.5 Å². The minimum Gasteiger partial charge on any atom is -0.480 e. The van der Waals surface area contributed by atoms with Gasteiger partial charge in [0.15, 0.2) is 5.69 Å². The van der Waals surface area contributed by atoms with Gasteiger partial charge in [0, 0.05) is 25.6 Å². The number of piperidine rings is 1. The maximum atomic E-state index is 12.9. The number of nitrogens with one attached hydrogen (secondary N) is 1. The van der Waals surface area contributed by atoms with Gasteiger partial charge in [-0.1, -0.05) is 48.5 Å². The number of carbonyl (C=O) groups excluding carboxylic acids is 2. The number of aromatic nitrogens is 2. The van der Waals surface area contributed by atoms with Gasteiger partial charge in [0.05, 0.1) is 0 Å². The van der Waals surface area contributed by atoms with Crippen molar-refractivity contribution in [2.45, 2.75) is 31.2 Å². The van der Waals surface area contributed by atoms with E-state index in [1.165, 1.54) is 15.6 Å². The highest BCUT2D eigenvalue weighted by atomic mass is 16.5. The molecule has 35 heavy (non-hydrogen) atoms. The molecule has 1 aromatic heterocycles. The zero-order valence-corrected chi connectivity index (χ0v) is 19.3. The predicted octanol–water partition coefficient (Wildman–Crippen LogP) is 3.86. The molecule has 2 aromatic carbocycles. The number of rotatable bonds is 5. The fourth-order valence-electron chi connectivity index (χ4n) is 5.01. The van der Waals surface area contributed by atoms with Crippen molar-refractivity contribution in [3.8, 4) is 11.1 Å². The van der Waals surface area contributed by atoms with Crippen LogP contribution < -0.4 is 5.32 Å². The van der Waals surface area contributed by atoms with E-state index in [0.717, 1.165) is 35.1 Å². The number of hydrogen-bond donors (Lipinski definition) is 2. The average Bonchev–Trinajstić information content (AvgIpc) is 3.39. The summed E-state index contributed by atoms with van der Waals surface area (Å²) in [6.45, 7) is 0.527. The number of likely N-dealkylation sites (tertiary alicyclic amines) is 1. The number of aryl methyl sites for hydroxylation is 1. The Balaban J connectivity index is 1.26. The second-order valence-corrected chi connectivity index (χ2v) is 8.84. The Labute approximate surface area is 202 Å². The molecule has 2 amide bonds. The van der Waals surface area contributed by atoms with Gasteiger partial charge < -0.3 is 14.7 Å². The molecule has 1 saturated heterocycles. The van der Waals surface area contributed by atoms with Gasteiger partial charge in [0.25, 0.3) is 5.91 Å². The summed E-state index contributed by atoms with van der Waals surface area (Å²) < 4.78 is 6.94. The Bertz CT molecular complexity index is 1250. The lowest BCUT2D eigenvalue weighted by Gasteiger charge is -2.32. The Morgan fingerprint density at radius 1 is 1.06 bits per heavy atom. The second kappa shape index (κ2) is 9.25. The van der Waals surface area contributed by atoms with Gasteiger partial charge in [-0.15, -0.1) is 0 Å². The summed E-state index contributed by atoms with van der Waals surface area (Å²) in [5.74, 6) is -1.27. The first kappa shape index (κ1) is 22.6. The van der Waals surface area contributed by atoms with E-state index in [-0.39, 0.29) is 24.0 Å². The molecule has 1 aliphatic carbocycles. The Morgan fingerprint density at radius 2 is 1.71 bits per heavy atom. The number of benzene rings is 2. The van der Waals surface area contributed by atoms with Crippen molar-refractivity contribution in [3.05, 3.63) is 71.4 Å². The minimum atomic E-state index is -1.02. The number of fused-ring (bicyclic) bond motifs is 3. The van der Waals surface area contributed by atoms with E-state index in [4.69, 9.17) is 4.74 Å². The molecular formula is C26H26N4O5. The highest BCUT2D eigenvalue weighted by Gasteiger charge is 2.34. The Morgan fingerprint density at radius 3 is 2.37 bits per heavy atom. The van der Waals surface area contributed by atoms with E-state index in [1.807, 2.05) is 36.4 Å². The van der Waals surface area contributed by atoms with Crippen molar-refractivity contribution >= 4 is 23.8 Å². The quantitative estimate of drug-likeness (QED) is 0.581. The summed E-state index contributed by atoms with van der Waals surface area (Å²) in [6.07, 6.45) is 1.26. The largest absolute Gasteiger partial charge is 0.480 e. The molecule has 9 nitrogen and oxygen atoms in total. The lowest BCUT2D eigenvalue weighted by atomic mass is 9.98. The van der Waals surface area contributed by atoms with Gasteiger partial charge in [-0.05, 0) is 41.5 Å². The second-order valence-electron chi connectivity index (χ2n) is 8.84. The van der Waals surface area contributed by atoms with Crippen LogP contribution in [0.2, 0.25) is 0 Å². The first-order valence-corrected chi connectivity index (χ1v) is 11.6. The summed E-state index contributed by atoms with van der Waals surface area (Å²) in [7, 11) is 1.60. The molecule has 2 N–H and O–H groups in total. The van der Waals surface area contributed by atoms with E-state index >= 15 is 0 Å². The van der Waals surface area contributed by atoms with Crippen molar-refractivity contribution in [3.63, 3.8) is 0 Å². The number of anilines is 1. The molecule has 1 aliphatic heterocycles. The number of aliphatic carboxylic acids is 1. The van der Waals surface area contributed by atoms with Gasteiger partial charge in [0.2, 0.25) is 0 Å². The third-order valence-corrected chi connectivity index (χ3v) is 6.72. The number of carboxylic acid groups (broad SMARTS) is 1. The Hall–Kier alpha value is -4.14. The average molecular weight is 475 g/mol. The van der Waals surface area contributed by atoms with Crippen molar-refractivity contribution in [1.29, 1.82) is 0 Å². The van der Waals surface area contributed by atoms with E-state index < -0.39 is 24.0 Å². The molecule has 2 aliphatic rings.